The predicted molar refractivity (Wildman–Crippen MR) is 124 cm³/mol. The molecular weight excluding hydrogens is 397 g/mol. The van der Waals surface area contributed by atoms with Crippen molar-refractivity contribution in [1.82, 2.24) is 5.32 Å². The SMILES string of the molecule is CCN1c2ccc(/C=C3\SC(=Nc4ccc(F)cc4)NC3=O)cc2[C@@H](C)CC1(C)C. The average molecular weight is 424 g/mol. The van der Waals surface area contributed by atoms with Crippen LogP contribution in [0.2, 0.25) is 0 Å². The summed E-state index contributed by atoms with van der Waals surface area (Å²) in [5.41, 5.74) is 4.36. The molecule has 6 heteroatoms. The molecule has 4 nitrogen and oxygen atoms in total. The van der Waals surface area contributed by atoms with E-state index >= 15 is 0 Å². The van der Waals surface area contributed by atoms with Gasteiger partial charge in [0.15, 0.2) is 5.17 Å². The molecule has 1 saturated heterocycles. The largest absolute Gasteiger partial charge is 0.366 e. The molecule has 2 aliphatic rings. The van der Waals surface area contributed by atoms with E-state index in [4.69, 9.17) is 0 Å². The highest BCUT2D eigenvalue weighted by Gasteiger charge is 2.35. The van der Waals surface area contributed by atoms with Gasteiger partial charge in [-0.05, 0) is 98.5 Å². The Labute approximate surface area is 181 Å². The van der Waals surface area contributed by atoms with Crippen molar-refractivity contribution in [3.63, 3.8) is 0 Å². The maximum Gasteiger partial charge on any atom is 0.264 e. The van der Waals surface area contributed by atoms with Crippen molar-refractivity contribution in [3.05, 3.63) is 64.3 Å². The molecule has 1 atom stereocenters. The fourth-order valence-electron chi connectivity index (χ4n) is 4.46. The Morgan fingerprint density at radius 2 is 2.00 bits per heavy atom. The fraction of sp³-hybridized carbons (Fsp3) is 0.333. The van der Waals surface area contributed by atoms with Gasteiger partial charge in [-0.3, -0.25) is 4.79 Å². The predicted octanol–water partition coefficient (Wildman–Crippen LogP) is 5.83. The number of amidine groups is 1. The van der Waals surface area contributed by atoms with Gasteiger partial charge < -0.3 is 10.2 Å². The van der Waals surface area contributed by atoms with Gasteiger partial charge in [-0.15, -0.1) is 0 Å². The molecule has 0 unspecified atom stereocenters. The molecular formula is C24H26FN3OS. The van der Waals surface area contributed by atoms with Gasteiger partial charge in [0.1, 0.15) is 5.82 Å². The Morgan fingerprint density at radius 1 is 1.27 bits per heavy atom. The number of benzene rings is 2. The number of amides is 1. The number of hydrogen-bond donors (Lipinski definition) is 1. The zero-order valence-electron chi connectivity index (χ0n) is 17.7. The van der Waals surface area contributed by atoms with Gasteiger partial charge in [-0.1, -0.05) is 13.0 Å². The number of carbonyl (C=O) groups excluding carboxylic acids is 1. The lowest BCUT2D eigenvalue weighted by molar-refractivity contribution is -0.115. The van der Waals surface area contributed by atoms with E-state index in [2.05, 4.69) is 61.1 Å². The molecule has 0 saturated carbocycles. The number of hydrogen-bond acceptors (Lipinski definition) is 4. The second kappa shape index (κ2) is 7.91. The number of anilines is 1. The third-order valence-corrected chi connectivity index (χ3v) is 6.64. The van der Waals surface area contributed by atoms with E-state index in [-0.39, 0.29) is 17.3 Å². The van der Waals surface area contributed by atoms with E-state index in [1.165, 1.54) is 35.1 Å². The van der Waals surface area contributed by atoms with Gasteiger partial charge in [0.2, 0.25) is 0 Å². The molecule has 1 fully saturated rings. The van der Waals surface area contributed by atoms with Crippen LogP contribution in [0.15, 0.2) is 52.4 Å². The summed E-state index contributed by atoms with van der Waals surface area (Å²) < 4.78 is 13.1. The van der Waals surface area contributed by atoms with Crippen LogP contribution in [-0.2, 0) is 4.79 Å². The first-order valence-electron chi connectivity index (χ1n) is 10.2. The number of nitrogens with zero attached hydrogens (tertiary/aromatic N) is 2. The average Bonchev–Trinajstić information content (AvgIpc) is 3.02. The van der Waals surface area contributed by atoms with Gasteiger partial charge in [0.25, 0.3) is 5.91 Å². The number of nitrogens with one attached hydrogen (secondary N) is 1. The third-order valence-electron chi connectivity index (χ3n) is 5.73. The van der Waals surface area contributed by atoms with Crippen LogP contribution < -0.4 is 10.2 Å². The summed E-state index contributed by atoms with van der Waals surface area (Å²) in [7, 11) is 0. The van der Waals surface area contributed by atoms with Crippen molar-refractivity contribution in [2.45, 2.75) is 45.6 Å². The third kappa shape index (κ3) is 4.01. The minimum atomic E-state index is -0.311. The molecule has 2 aromatic carbocycles. The molecule has 0 aromatic heterocycles. The highest BCUT2D eigenvalue weighted by Crippen LogP contribution is 2.43. The molecule has 0 spiro atoms. The van der Waals surface area contributed by atoms with Crippen LogP contribution >= 0.6 is 11.8 Å². The smallest absolute Gasteiger partial charge is 0.264 e. The van der Waals surface area contributed by atoms with Crippen LogP contribution in [0, 0.1) is 5.82 Å². The van der Waals surface area contributed by atoms with Gasteiger partial charge in [-0.2, -0.15) is 0 Å². The van der Waals surface area contributed by atoms with E-state index < -0.39 is 0 Å². The lowest BCUT2D eigenvalue weighted by Crippen LogP contribution is -2.48. The molecule has 0 radical (unpaired) electrons. The summed E-state index contributed by atoms with van der Waals surface area (Å²) in [5.74, 6) is -0.0194. The fourth-order valence-corrected chi connectivity index (χ4v) is 5.30. The molecule has 2 aromatic rings. The van der Waals surface area contributed by atoms with Crippen molar-refractivity contribution in [1.29, 1.82) is 0 Å². The van der Waals surface area contributed by atoms with Crippen LogP contribution in [0.3, 0.4) is 0 Å². The molecule has 1 amide bonds. The van der Waals surface area contributed by atoms with Crippen molar-refractivity contribution >= 4 is 40.3 Å². The molecule has 4 rings (SSSR count). The minimum Gasteiger partial charge on any atom is -0.366 e. The second-order valence-electron chi connectivity index (χ2n) is 8.44. The maximum atomic E-state index is 13.1. The number of carbonyl (C=O) groups is 1. The van der Waals surface area contributed by atoms with Crippen LogP contribution in [0.1, 0.15) is 51.2 Å². The monoisotopic (exact) mass is 423 g/mol. The normalized spacial score (nSPS) is 23.0. The molecule has 2 aliphatic heterocycles. The number of halogens is 1. The van der Waals surface area contributed by atoms with Gasteiger partial charge in [0, 0.05) is 17.8 Å². The lowest BCUT2D eigenvalue weighted by atomic mass is 9.79. The number of aliphatic imine (C=N–C) groups is 1. The topological polar surface area (TPSA) is 44.7 Å². The van der Waals surface area contributed by atoms with Gasteiger partial charge >= 0.3 is 0 Å². The Morgan fingerprint density at radius 3 is 2.70 bits per heavy atom. The molecule has 2 heterocycles. The summed E-state index contributed by atoms with van der Waals surface area (Å²) in [4.78, 5) is 19.9. The summed E-state index contributed by atoms with van der Waals surface area (Å²) in [6.07, 6.45) is 3.01. The van der Waals surface area contributed by atoms with E-state index in [1.54, 1.807) is 12.1 Å². The zero-order chi connectivity index (χ0) is 21.5. The van der Waals surface area contributed by atoms with Crippen molar-refractivity contribution < 1.29 is 9.18 Å². The summed E-state index contributed by atoms with van der Waals surface area (Å²) >= 11 is 1.30. The number of fused-ring (bicyclic) bond motifs is 1. The van der Waals surface area contributed by atoms with Crippen molar-refractivity contribution in [2.24, 2.45) is 4.99 Å². The van der Waals surface area contributed by atoms with Crippen molar-refractivity contribution in [2.75, 3.05) is 11.4 Å². The first-order valence-corrected chi connectivity index (χ1v) is 11.1. The Bertz CT molecular complexity index is 1040. The quantitative estimate of drug-likeness (QED) is 0.632. The number of rotatable bonds is 3. The van der Waals surface area contributed by atoms with Crippen LogP contribution in [0.4, 0.5) is 15.8 Å². The maximum absolute atomic E-state index is 13.1. The molecule has 156 valence electrons. The van der Waals surface area contributed by atoms with E-state index in [0.717, 1.165) is 18.5 Å². The molecule has 0 bridgehead atoms. The first kappa shape index (κ1) is 20.7. The first-order chi connectivity index (χ1) is 14.3. The van der Waals surface area contributed by atoms with Gasteiger partial charge in [0.05, 0.1) is 10.6 Å². The highest BCUT2D eigenvalue weighted by molar-refractivity contribution is 8.18. The van der Waals surface area contributed by atoms with Crippen LogP contribution in [-0.4, -0.2) is 23.2 Å². The standard InChI is InChI=1S/C24H26FN3OS/c1-5-28-20-11-6-16(12-19(20)15(2)14-24(28,3)4)13-21-22(29)27-23(30-21)26-18-9-7-17(25)8-10-18/h6-13,15H,5,14H2,1-4H3,(H,26,27,29)/b21-13-/t15-/m0/s1. The number of thioether (sulfide) groups is 1. The minimum absolute atomic E-state index is 0.133. The van der Waals surface area contributed by atoms with Crippen LogP contribution in [0.25, 0.3) is 6.08 Å². The molecule has 1 N–H and O–H groups in total. The summed E-state index contributed by atoms with van der Waals surface area (Å²) in [6.45, 7) is 10.0. The summed E-state index contributed by atoms with van der Waals surface area (Å²) in [6, 6.07) is 12.3. The Balaban J connectivity index is 1.60. The summed E-state index contributed by atoms with van der Waals surface area (Å²) in [5, 5.41) is 3.29. The zero-order valence-corrected chi connectivity index (χ0v) is 18.5. The van der Waals surface area contributed by atoms with E-state index in [1.807, 2.05) is 6.08 Å². The van der Waals surface area contributed by atoms with Gasteiger partial charge in [-0.25, -0.2) is 9.38 Å². The second-order valence-corrected chi connectivity index (χ2v) is 9.47. The lowest BCUT2D eigenvalue weighted by Gasteiger charge is -2.47. The molecule has 30 heavy (non-hydrogen) atoms. The van der Waals surface area contributed by atoms with E-state index in [0.29, 0.717) is 21.7 Å². The van der Waals surface area contributed by atoms with Crippen LogP contribution in [0.5, 0.6) is 0 Å². The molecule has 0 aliphatic carbocycles. The van der Waals surface area contributed by atoms with E-state index in [9.17, 15) is 9.18 Å². The highest BCUT2D eigenvalue weighted by atomic mass is 32.2. The Kier molecular flexibility index (Phi) is 5.45. The Hall–Kier alpha value is -2.60. The van der Waals surface area contributed by atoms with Crippen molar-refractivity contribution in [3.8, 4) is 0 Å².